The lowest BCUT2D eigenvalue weighted by atomic mass is 10.2. The molecule has 0 bridgehead atoms. The molecule has 0 radical (unpaired) electrons. The maximum absolute atomic E-state index is 12.1. The normalized spacial score (nSPS) is 12.6. The smallest absolute Gasteiger partial charge is 0.287 e. The third-order valence-corrected chi connectivity index (χ3v) is 3.85. The molecule has 2 aromatic rings. The first kappa shape index (κ1) is 15.2. The van der Waals surface area contributed by atoms with Crippen LogP contribution in [0.2, 0.25) is 5.02 Å². The number of nitrogens with one attached hydrogen (secondary N) is 1. The zero-order valence-electron chi connectivity index (χ0n) is 11.1. The number of furan rings is 1. The van der Waals surface area contributed by atoms with Crippen LogP contribution in [0, 0.1) is 0 Å². The minimum atomic E-state index is -0.273. The molecule has 20 heavy (non-hydrogen) atoms. The summed E-state index contributed by atoms with van der Waals surface area (Å²) < 4.78 is 5.50. The van der Waals surface area contributed by atoms with Crippen molar-refractivity contribution in [2.45, 2.75) is 12.5 Å². The Labute approximate surface area is 126 Å². The Kier molecular flexibility index (Phi) is 5.34. The SMILES string of the molecule is CSCC(CCO)NC(=O)c1cc2cc(Cl)ccc2o1. The first-order valence-electron chi connectivity index (χ1n) is 6.24. The molecule has 0 aliphatic heterocycles. The van der Waals surface area contributed by atoms with E-state index in [0.29, 0.717) is 17.0 Å². The fourth-order valence-corrected chi connectivity index (χ4v) is 2.77. The van der Waals surface area contributed by atoms with Crippen molar-refractivity contribution in [1.29, 1.82) is 0 Å². The van der Waals surface area contributed by atoms with Crippen molar-refractivity contribution in [2.75, 3.05) is 18.6 Å². The Morgan fingerprint density at radius 1 is 1.50 bits per heavy atom. The second-order valence-corrected chi connectivity index (χ2v) is 5.78. The third kappa shape index (κ3) is 3.69. The number of benzene rings is 1. The Morgan fingerprint density at radius 2 is 2.30 bits per heavy atom. The van der Waals surface area contributed by atoms with E-state index in [1.807, 2.05) is 6.26 Å². The van der Waals surface area contributed by atoms with E-state index in [-0.39, 0.29) is 24.3 Å². The number of aliphatic hydroxyl groups excluding tert-OH is 1. The quantitative estimate of drug-likeness (QED) is 0.860. The Hall–Kier alpha value is -1.17. The average Bonchev–Trinajstić information content (AvgIpc) is 2.82. The first-order valence-corrected chi connectivity index (χ1v) is 8.01. The highest BCUT2D eigenvalue weighted by Crippen LogP contribution is 2.23. The number of carbonyl (C=O) groups is 1. The van der Waals surface area contributed by atoms with Crippen molar-refractivity contribution in [3.8, 4) is 0 Å². The van der Waals surface area contributed by atoms with Crippen LogP contribution in [0.25, 0.3) is 11.0 Å². The van der Waals surface area contributed by atoms with Gasteiger partial charge >= 0.3 is 0 Å². The van der Waals surface area contributed by atoms with Gasteiger partial charge in [0.15, 0.2) is 5.76 Å². The van der Waals surface area contributed by atoms with Gasteiger partial charge in [-0.05, 0) is 36.9 Å². The molecular formula is C14H16ClNO3S. The highest BCUT2D eigenvalue weighted by Gasteiger charge is 2.16. The molecule has 0 fully saturated rings. The molecule has 1 aromatic carbocycles. The van der Waals surface area contributed by atoms with Gasteiger partial charge in [0.2, 0.25) is 0 Å². The van der Waals surface area contributed by atoms with E-state index in [1.54, 1.807) is 36.0 Å². The maximum Gasteiger partial charge on any atom is 0.287 e. The molecular weight excluding hydrogens is 298 g/mol. The molecule has 6 heteroatoms. The Morgan fingerprint density at radius 3 is 3.00 bits per heavy atom. The summed E-state index contributed by atoms with van der Waals surface area (Å²) in [5.74, 6) is 0.731. The van der Waals surface area contributed by atoms with Gasteiger partial charge in [0, 0.05) is 28.8 Å². The number of fused-ring (bicyclic) bond motifs is 1. The number of halogens is 1. The van der Waals surface area contributed by atoms with Gasteiger partial charge in [-0.25, -0.2) is 0 Å². The number of rotatable bonds is 6. The predicted octanol–water partition coefficient (Wildman–Crippen LogP) is 2.93. The molecule has 0 spiro atoms. The van der Waals surface area contributed by atoms with Crippen LogP contribution >= 0.6 is 23.4 Å². The summed E-state index contributed by atoms with van der Waals surface area (Å²) in [5.41, 5.74) is 0.628. The molecule has 0 saturated heterocycles. The van der Waals surface area contributed by atoms with Crippen molar-refractivity contribution < 1.29 is 14.3 Å². The molecule has 2 N–H and O–H groups in total. The van der Waals surface area contributed by atoms with Gasteiger partial charge in [-0.2, -0.15) is 11.8 Å². The average molecular weight is 314 g/mol. The first-order chi connectivity index (χ1) is 9.63. The van der Waals surface area contributed by atoms with Gasteiger partial charge in [-0.1, -0.05) is 11.6 Å². The second kappa shape index (κ2) is 7.02. The van der Waals surface area contributed by atoms with Gasteiger partial charge in [0.1, 0.15) is 5.58 Å². The summed E-state index contributed by atoms with van der Waals surface area (Å²) in [6.45, 7) is 0.0429. The minimum Gasteiger partial charge on any atom is -0.451 e. The lowest BCUT2D eigenvalue weighted by molar-refractivity contribution is 0.0909. The highest BCUT2D eigenvalue weighted by molar-refractivity contribution is 7.98. The van der Waals surface area contributed by atoms with Crippen molar-refractivity contribution >= 4 is 40.2 Å². The van der Waals surface area contributed by atoms with Crippen LogP contribution in [-0.4, -0.2) is 35.7 Å². The van der Waals surface area contributed by atoms with E-state index in [0.717, 1.165) is 11.1 Å². The van der Waals surface area contributed by atoms with Gasteiger partial charge < -0.3 is 14.8 Å². The van der Waals surface area contributed by atoms with Gasteiger partial charge in [0.05, 0.1) is 0 Å². The van der Waals surface area contributed by atoms with Crippen LogP contribution in [0.15, 0.2) is 28.7 Å². The van der Waals surface area contributed by atoms with Crippen molar-refractivity contribution in [3.63, 3.8) is 0 Å². The lowest BCUT2D eigenvalue weighted by Crippen LogP contribution is -2.37. The zero-order chi connectivity index (χ0) is 14.5. The summed E-state index contributed by atoms with van der Waals surface area (Å²) >= 11 is 7.52. The predicted molar refractivity (Wildman–Crippen MR) is 82.6 cm³/mol. The summed E-state index contributed by atoms with van der Waals surface area (Å²) in [6, 6.07) is 6.81. The van der Waals surface area contributed by atoms with E-state index in [4.69, 9.17) is 21.1 Å². The molecule has 0 saturated carbocycles. The number of carbonyl (C=O) groups excluding carboxylic acids is 1. The molecule has 1 atom stereocenters. The number of amides is 1. The van der Waals surface area contributed by atoms with Crippen LogP contribution in [0.5, 0.6) is 0 Å². The van der Waals surface area contributed by atoms with E-state index in [9.17, 15) is 4.79 Å². The van der Waals surface area contributed by atoms with Gasteiger partial charge in [-0.3, -0.25) is 4.79 Å². The summed E-state index contributed by atoms with van der Waals surface area (Å²) in [7, 11) is 0. The van der Waals surface area contributed by atoms with E-state index in [1.165, 1.54) is 0 Å². The molecule has 1 aromatic heterocycles. The van der Waals surface area contributed by atoms with Crippen LogP contribution in [0.1, 0.15) is 17.0 Å². The molecule has 1 heterocycles. The summed E-state index contributed by atoms with van der Waals surface area (Å²) in [6.07, 6.45) is 2.48. The monoisotopic (exact) mass is 313 g/mol. The standard InChI is InChI=1S/C14H16ClNO3S/c1-20-8-11(4-5-17)16-14(18)13-7-9-6-10(15)2-3-12(9)19-13/h2-3,6-7,11,17H,4-5,8H2,1H3,(H,16,18). The maximum atomic E-state index is 12.1. The third-order valence-electron chi connectivity index (χ3n) is 2.88. The molecule has 0 aliphatic carbocycles. The topological polar surface area (TPSA) is 62.5 Å². The number of thioether (sulfide) groups is 1. The second-order valence-electron chi connectivity index (χ2n) is 4.43. The van der Waals surface area contributed by atoms with Crippen LogP contribution in [-0.2, 0) is 0 Å². The van der Waals surface area contributed by atoms with Crippen LogP contribution in [0.4, 0.5) is 0 Å². The molecule has 0 aliphatic rings. The van der Waals surface area contributed by atoms with E-state index >= 15 is 0 Å². The summed E-state index contributed by atoms with van der Waals surface area (Å²) in [4.78, 5) is 12.1. The van der Waals surface area contributed by atoms with E-state index < -0.39 is 0 Å². The summed E-state index contributed by atoms with van der Waals surface area (Å²) in [5, 5.41) is 13.3. The van der Waals surface area contributed by atoms with Crippen molar-refractivity contribution in [2.24, 2.45) is 0 Å². The fraction of sp³-hybridized carbons (Fsp3) is 0.357. The lowest BCUT2D eigenvalue weighted by Gasteiger charge is -2.15. The largest absolute Gasteiger partial charge is 0.451 e. The molecule has 1 amide bonds. The van der Waals surface area contributed by atoms with Crippen molar-refractivity contribution in [1.82, 2.24) is 5.32 Å². The van der Waals surface area contributed by atoms with E-state index in [2.05, 4.69) is 5.32 Å². The number of hydrogen-bond acceptors (Lipinski definition) is 4. The minimum absolute atomic E-state index is 0.0429. The number of aliphatic hydroxyl groups is 1. The fourth-order valence-electron chi connectivity index (χ4n) is 1.94. The van der Waals surface area contributed by atoms with Crippen LogP contribution < -0.4 is 5.32 Å². The highest BCUT2D eigenvalue weighted by atomic mass is 35.5. The molecule has 4 nitrogen and oxygen atoms in total. The molecule has 108 valence electrons. The molecule has 2 rings (SSSR count). The number of hydrogen-bond donors (Lipinski definition) is 2. The Bertz CT molecular complexity index is 593. The van der Waals surface area contributed by atoms with Crippen molar-refractivity contribution in [3.05, 3.63) is 35.0 Å². The zero-order valence-corrected chi connectivity index (χ0v) is 12.6. The molecule has 1 unspecified atom stereocenters. The van der Waals surface area contributed by atoms with Gasteiger partial charge in [-0.15, -0.1) is 0 Å². The van der Waals surface area contributed by atoms with Gasteiger partial charge in [0.25, 0.3) is 5.91 Å². The van der Waals surface area contributed by atoms with Crippen LogP contribution in [0.3, 0.4) is 0 Å². The Balaban J connectivity index is 2.13.